The molecule has 6 heteroatoms. The number of carbonyl (C=O) groups excluding carboxylic acids is 3. The number of rotatable bonds is 68. The van der Waals surface area contributed by atoms with Crippen molar-refractivity contribution in [3.05, 3.63) is 36.5 Å². The fraction of sp³-hybridized carbons (Fsp3) is 0.880. The molecule has 0 aliphatic rings. The Morgan fingerprint density at radius 2 is 0.444 bits per heavy atom. The molecule has 0 amide bonds. The lowest BCUT2D eigenvalue weighted by Crippen LogP contribution is -2.30. The van der Waals surface area contributed by atoms with Crippen LogP contribution in [0.2, 0.25) is 0 Å². The van der Waals surface area contributed by atoms with Crippen LogP contribution in [0.5, 0.6) is 0 Å². The second-order valence-electron chi connectivity index (χ2n) is 24.9. The van der Waals surface area contributed by atoms with Crippen LogP contribution in [0.1, 0.15) is 406 Å². The van der Waals surface area contributed by atoms with Gasteiger partial charge in [0.15, 0.2) is 6.10 Å². The average molecular weight is 1140 g/mol. The zero-order chi connectivity index (χ0) is 58.5. The Morgan fingerprint density at radius 3 is 0.691 bits per heavy atom. The van der Waals surface area contributed by atoms with Crippen LogP contribution in [0.15, 0.2) is 36.5 Å². The molecule has 0 bridgehead atoms. The second-order valence-corrected chi connectivity index (χ2v) is 24.9. The van der Waals surface area contributed by atoms with Crippen LogP contribution >= 0.6 is 0 Å². The summed E-state index contributed by atoms with van der Waals surface area (Å²) in [4.78, 5) is 38.0. The average Bonchev–Trinajstić information content (AvgIpc) is 3.47. The molecule has 476 valence electrons. The van der Waals surface area contributed by atoms with Gasteiger partial charge in [-0.2, -0.15) is 0 Å². The van der Waals surface area contributed by atoms with Gasteiger partial charge in [0.2, 0.25) is 0 Å². The van der Waals surface area contributed by atoms with E-state index in [9.17, 15) is 14.4 Å². The van der Waals surface area contributed by atoms with Gasteiger partial charge in [-0.25, -0.2) is 0 Å². The first-order chi connectivity index (χ1) is 40.0. The molecule has 0 N–H and O–H groups in total. The van der Waals surface area contributed by atoms with Gasteiger partial charge >= 0.3 is 17.9 Å². The largest absolute Gasteiger partial charge is 0.462 e. The van der Waals surface area contributed by atoms with Crippen LogP contribution < -0.4 is 0 Å². The molecule has 1 atom stereocenters. The third-order valence-electron chi connectivity index (χ3n) is 16.6. The van der Waals surface area contributed by atoms with E-state index in [1.165, 1.54) is 289 Å². The first-order valence-corrected chi connectivity index (χ1v) is 36.5. The molecule has 0 aromatic rings. The molecule has 0 aromatic carbocycles. The van der Waals surface area contributed by atoms with E-state index in [0.717, 1.165) is 77.0 Å². The highest BCUT2D eigenvalue weighted by atomic mass is 16.6. The molecular weight excluding hydrogens is 997 g/mol. The van der Waals surface area contributed by atoms with Gasteiger partial charge in [-0.15, -0.1) is 0 Å². The summed E-state index contributed by atoms with van der Waals surface area (Å²) < 4.78 is 16.8. The number of esters is 3. The minimum Gasteiger partial charge on any atom is -0.462 e. The highest BCUT2D eigenvalue weighted by molar-refractivity contribution is 5.71. The van der Waals surface area contributed by atoms with Crippen molar-refractivity contribution >= 4 is 17.9 Å². The molecule has 0 aliphatic heterocycles. The Balaban J connectivity index is 3.91. The molecule has 0 rings (SSSR count). The minimum atomic E-state index is -0.767. The van der Waals surface area contributed by atoms with Crippen molar-refractivity contribution in [2.45, 2.75) is 412 Å². The maximum Gasteiger partial charge on any atom is 0.306 e. The van der Waals surface area contributed by atoms with Crippen LogP contribution in [0.4, 0.5) is 0 Å². The summed E-state index contributed by atoms with van der Waals surface area (Å²) in [5.74, 6) is -0.855. The third kappa shape index (κ3) is 68.3. The Morgan fingerprint density at radius 1 is 0.247 bits per heavy atom. The van der Waals surface area contributed by atoms with E-state index in [1.54, 1.807) is 0 Å². The predicted molar refractivity (Wildman–Crippen MR) is 353 cm³/mol. The highest BCUT2D eigenvalue weighted by Crippen LogP contribution is 2.19. The fourth-order valence-corrected chi connectivity index (χ4v) is 11.2. The van der Waals surface area contributed by atoms with Gasteiger partial charge in [0, 0.05) is 19.3 Å². The topological polar surface area (TPSA) is 78.9 Å². The van der Waals surface area contributed by atoms with Crippen molar-refractivity contribution in [1.29, 1.82) is 0 Å². The van der Waals surface area contributed by atoms with Crippen LogP contribution in [-0.4, -0.2) is 37.2 Å². The molecule has 1 unspecified atom stereocenters. The molecule has 0 spiro atoms. The van der Waals surface area contributed by atoms with Crippen molar-refractivity contribution in [2.24, 2.45) is 0 Å². The molecule has 0 radical (unpaired) electrons. The summed E-state index contributed by atoms with van der Waals surface area (Å²) in [5, 5.41) is 0. The molecule has 0 saturated heterocycles. The number of unbranched alkanes of at least 4 members (excludes halogenated alkanes) is 51. The Hall–Kier alpha value is -2.37. The van der Waals surface area contributed by atoms with Gasteiger partial charge in [0.05, 0.1) is 0 Å². The van der Waals surface area contributed by atoms with Gasteiger partial charge in [-0.05, 0) is 57.8 Å². The van der Waals surface area contributed by atoms with E-state index in [-0.39, 0.29) is 31.1 Å². The lowest BCUT2D eigenvalue weighted by Gasteiger charge is -2.18. The van der Waals surface area contributed by atoms with E-state index in [1.807, 2.05) is 0 Å². The van der Waals surface area contributed by atoms with Crippen molar-refractivity contribution in [2.75, 3.05) is 13.2 Å². The maximum absolute atomic E-state index is 12.9. The Labute approximate surface area is 506 Å². The fourth-order valence-electron chi connectivity index (χ4n) is 11.2. The van der Waals surface area contributed by atoms with E-state index < -0.39 is 6.10 Å². The number of allylic oxidation sites excluding steroid dienone is 6. The second kappa shape index (κ2) is 70.1. The molecule has 0 saturated carbocycles. The number of hydrogen-bond donors (Lipinski definition) is 0. The summed E-state index contributed by atoms with van der Waals surface area (Å²) in [6.07, 6.45) is 88.2. The Kier molecular flexibility index (Phi) is 68.1. The van der Waals surface area contributed by atoms with Gasteiger partial charge in [-0.1, -0.05) is 365 Å². The van der Waals surface area contributed by atoms with Crippen LogP contribution in [0.3, 0.4) is 0 Å². The summed E-state index contributed by atoms with van der Waals surface area (Å²) in [6, 6.07) is 0. The van der Waals surface area contributed by atoms with Gasteiger partial charge in [-0.3, -0.25) is 14.4 Å². The minimum absolute atomic E-state index is 0.0676. The number of hydrogen-bond acceptors (Lipinski definition) is 6. The van der Waals surface area contributed by atoms with E-state index in [2.05, 4.69) is 57.2 Å². The first kappa shape index (κ1) is 78.6. The molecular formula is C75H140O6. The molecule has 0 aliphatic carbocycles. The van der Waals surface area contributed by atoms with E-state index >= 15 is 0 Å². The molecule has 0 fully saturated rings. The zero-order valence-electron chi connectivity index (χ0n) is 54.8. The molecule has 81 heavy (non-hydrogen) atoms. The lowest BCUT2D eigenvalue weighted by molar-refractivity contribution is -0.167. The van der Waals surface area contributed by atoms with Crippen molar-refractivity contribution in [3.63, 3.8) is 0 Å². The van der Waals surface area contributed by atoms with Crippen molar-refractivity contribution < 1.29 is 28.6 Å². The van der Waals surface area contributed by atoms with Crippen molar-refractivity contribution in [3.8, 4) is 0 Å². The predicted octanol–water partition coefficient (Wildman–Crippen LogP) is 25.1. The SMILES string of the molecule is CCCCCCC/C=C\C/C=C\C/C=C\CCCCCCCCCCCCCCCCC(=O)OCC(COC(=O)CCCCCCC)OC(=O)CCCCCCCCCCCCCCCCCCCCCCCCCCCCCCC. The summed E-state index contributed by atoms with van der Waals surface area (Å²) in [5.41, 5.74) is 0. The monoisotopic (exact) mass is 1140 g/mol. The zero-order valence-corrected chi connectivity index (χ0v) is 54.8. The van der Waals surface area contributed by atoms with Crippen LogP contribution in [0.25, 0.3) is 0 Å². The van der Waals surface area contributed by atoms with Gasteiger partial charge in [0.1, 0.15) is 13.2 Å². The maximum atomic E-state index is 12.9. The molecule has 0 aromatic heterocycles. The smallest absolute Gasteiger partial charge is 0.306 e. The summed E-state index contributed by atoms with van der Waals surface area (Å²) >= 11 is 0. The summed E-state index contributed by atoms with van der Waals surface area (Å²) in [6.45, 7) is 6.62. The first-order valence-electron chi connectivity index (χ1n) is 36.5. The van der Waals surface area contributed by atoms with Gasteiger partial charge < -0.3 is 14.2 Å². The quantitative estimate of drug-likeness (QED) is 0.0261. The number of ether oxygens (including phenoxy) is 3. The normalized spacial score (nSPS) is 12.2. The number of carbonyl (C=O) groups is 3. The lowest BCUT2D eigenvalue weighted by atomic mass is 10.0. The van der Waals surface area contributed by atoms with E-state index in [0.29, 0.717) is 19.3 Å². The van der Waals surface area contributed by atoms with Crippen LogP contribution in [-0.2, 0) is 28.6 Å². The highest BCUT2D eigenvalue weighted by Gasteiger charge is 2.19. The third-order valence-corrected chi connectivity index (χ3v) is 16.6. The summed E-state index contributed by atoms with van der Waals surface area (Å²) in [7, 11) is 0. The standard InChI is InChI=1S/C75H140O6/c1-4-7-10-13-15-17-19-21-23-25-27-29-31-33-35-37-39-41-43-45-47-49-51-53-55-57-59-62-65-68-74(77)80-71-72(70-79-73(76)67-64-61-12-9-6-3)81-75(78)69-66-63-60-58-56-54-52-50-48-46-44-42-40-38-36-34-32-30-28-26-24-22-20-18-16-14-11-8-5-2/h19,21,25,27,31,33,72H,4-18,20,22-24,26,28-30,32,34-71H2,1-3H3/b21-19-,27-25-,33-31-. The van der Waals surface area contributed by atoms with Crippen molar-refractivity contribution in [1.82, 2.24) is 0 Å². The molecule has 6 nitrogen and oxygen atoms in total. The Bertz CT molecular complexity index is 1350. The van der Waals surface area contributed by atoms with Crippen LogP contribution in [0, 0.1) is 0 Å². The molecule has 0 heterocycles. The van der Waals surface area contributed by atoms with Gasteiger partial charge in [0.25, 0.3) is 0 Å². The van der Waals surface area contributed by atoms with E-state index in [4.69, 9.17) is 14.2 Å².